The summed E-state index contributed by atoms with van der Waals surface area (Å²) in [4.78, 5) is 0. The fourth-order valence-corrected chi connectivity index (χ4v) is 1.56. The van der Waals surface area contributed by atoms with Gasteiger partial charge in [0.1, 0.15) is 0 Å². The summed E-state index contributed by atoms with van der Waals surface area (Å²) in [5, 5.41) is 0. The zero-order valence-corrected chi connectivity index (χ0v) is 6.06. The van der Waals surface area contributed by atoms with Gasteiger partial charge in [0.05, 0.1) is 0 Å². The highest BCUT2D eigenvalue weighted by Gasteiger charge is 2.18. The highest BCUT2D eigenvalue weighted by Crippen LogP contribution is 2.28. The van der Waals surface area contributed by atoms with Crippen molar-refractivity contribution in [2.24, 2.45) is 11.8 Å². The van der Waals surface area contributed by atoms with Gasteiger partial charge in [-0.05, 0) is 18.8 Å². The summed E-state index contributed by atoms with van der Waals surface area (Å²) in [6.07, 6.45) is 10.7. The standard InChI is InChI=1S/C9H14/c1-3-9-7-5-4-6-8(9)2/h1,8-9H,4-7H2,2H3/t8-,9+/m1/s1. The monoisotopic (exact) mass is 122 g/mol. The largest absolute Gasteiger partial charge is 0.120 e. The Kier molecular flexibility index (Phi) is 2.16. The molecule has 1 aliphatic rings. The van der Waals surface area contributed by atoms with Gasteiger partial charge in [-0.15, -0.1) is 12.3 Å². The van der Waals surface area contributed by atoms with E-state index in [2.05, 4.69) is 12.8 Å². The topological polar surface area (TPSA) is 0 Å². The lowest BCUT2D eigenvalue weighted by Gasteiger charge is -2.23. The Hall–Kier alpha value is -0.440. The first-order chi connectivity index (χ1) is 4.34. The normalized spacial score (nSPS) is 35.6. The lowest BCUT2D eigenvalue weighted by molar-refractivity contribution is 0.316. The van der Waals surface area contributed by atoms with Crippen LogP contribution in [0.3, 0.4) is 0 Å². The molecule has 0 aromatic rings. The molecule has 50 valence electrons. The van der Waals surface area contributed by atoms with Gasteiger partial charge < -0.3 is 0 Å². The van der Waals surface area contributed by atoms with Crippen LogP contribution < -0.4 is 0 Å². The smallest absolute Gasteiger partial charge is 0.0225 e. The van der Waals surface area contributed by atoms with E-state index < -0.39 is 0 Å². The van der Waals surface area contributed by atoms with Crippen LogP contribution >= 0.6 is 0 Å². The molecule has 0 heterocycles. The molecule has 1 fully saturated rings. The third-order valence-electron chi connectivity index (χ3n) is 2.33. The van der Waals surface area contributed by atoms with Gasteiger partial charge in [0.15, 0.2) is 0 Å². The molecule has 0 aromatic heterocycles. The Morgan fingerprint density at radius 2 is 2.00 bits per heavy atom. The summed E-state index contributed by atoms with van der Waals surface area (Å²) in [5.74, 6) is 4.22. The quantitative estimate of drug-likeness (QED) is 0.433. The molecule has 1 saturated carbocycles. The minimum absolute atomic E-state index is 0.582. The summed E-state index contributed by atoms with van der Waals surface area (Å²) in [7, 11) is 0. The summed E-state index contributed by atoms with van der Waals surface area (Å²) < 4.78 is 0. The van der Waals surface area contributed by atoms with E-state index >= 15 is 0 Å². The number of rotatable bonds is 0. The molecular weight excluding hydrogens is 108 g/mol. The number of terminal acetylenes is 1. The second-order valence-electron chi connectivity index (χ2n) is 3.03. The molecule has 0 unspecified atom stereocenters. The molecule has 0 spiro atoms. The molecule has 2 atom stereocenters. The molecule has 0 bridgehead atoms. The van der Waals surface area contributed by atoms with Crippen LogP contribution in [0, 0.1) is 24.2 Å². The average Bonchev–Trinajstić information content (AvgIpc) is 1.89. The third kappa shape index (κ3) is 1.48. The number of hydrogen-bond acceptors (Lipinski definition) is 0. The summed E-state index contributed by atoms with van der Waals surface area (Å²) in [5.41, 5.74) is 0. The van der Waals surface area contributed by atoms with E-state index in [9.17, 15) is 0 Å². The van der Waals surface area contributed by atoms with E-state index in [1.807, 2.05) is 0 Å². The van der Waals surface area contributed by atoms with Crippen LogP contribution in [0.15, 0.2) is 0 Å². The first-order valence-corrected chi connectivity index (χ1v) is 3.80. The van der Waals surface area contributed by atoms with Gasteiger partial charge >= 0.3 is 0 Å². The molecule has 1 rings (SSSR count). The predicted octanol–water partition coefficient (Wildman–Crippen LogP) is 2.45. The van der Waals surface area contributed by atoms with E-state index in [-0.39, 0.29) is 0 Å². The third-order valence-corrected chi connectivity index (χ3v) is 2.33. The minimum Gasteiger partial charge on any atom is -0.120 e. The maximum atomic E-state index is 5.34. The fourth-order valence-electron chi connectivity index (χ4n) is 1.56. The zero-order chi connectivity index (χ0) is 6.69. The average molecular weight is 122 g/mol. The number of hydrogen-bond donors (Lipinski definition) is 0. The molecule has 0 nitrogen and oxygen atoms in total. The highest BCUT2D eigenvalue weighted by molar-refractivity contribution is 4.96. The second kappa shape index (κ2) is 2.92. The van der Waals surface area contributed by atoms with Crippen molar-refractivity contribution in [3.05, 3.63) is 0 Å². The molecule has 0 radical (unpaired) electrons. The van der Waals surface area contributed by atoms with Gasteiger partial charge in [-0.1, -0.05) is 19.8 Å². The van der Waals surface area contributed by atoms with Crippen LogP contribution in [0.25, 0.3) is 0 Å². The molecule has 1 aliphatic carbocycles. The minimum atomic E-state index is 0.582. The van der Waals surface area contributed by atoms with Gasteiger partial charge in [-0.2, -0.15) is 0 Å². The van der Waals surface area contributed by atoms with Gasteiger partial charge in [0.25, 0.3) is 0 Å². The van der Waals surface area contributed by atoms with Crippen molar-refractivity contribution in [3.63, 3.8) is 0 Å². The molecule has 0 amide bonds. The van der Waals surface area contributed by atoms with E-state index in [0.29, 0.717) is 5.92 Å². The van der Waals surface area contributed by atoms with Crippen molar-refractivity contribution in [1.29, 1.82) is 0 Å². The van der Waals surface area contributed by atoms with E-state index in [1.54, 1.807) is 0 Å². The lowest BCUT2D eigenvalue weighted by Crippen LogP contribution is -2.14. The Labute approximate surface area is 57.7 Å². The SMILES string of the molecule is C#C[C@H]1CCCC[C@H]1C. The zero-order valence-electron chi connectivity index (χ0n) is 6.06. The van der Waals surface area contributed by atoms with Gasteiger partial charge in [0, 0.05) is 5.92 Å². The van der Waals surface area contributed by atoms with Crippen LogP contribution in [0.4, 0.5) is 0 Å². The molecule has 0 aromatic carbocycles. The Balaban J connectivity index is 2.41. The molecule has 0 N–H and O–H groups in total. The van der Waals surface area contributed by atoms with Crippen molar-refractivity contribution in [2.75, 3.05) is 0 Å². The van der Waals surface area contributed by atoms with Crippen LogP contribution in [-0.4, -0.2) is 0 Å². The van der Waals surface area contributed by atoms with E-state index in [1.165, 1.54) is 25.7 Å². The maximum absolute atomic E-state index is 5.34. The molecule has 0 heteroatoms. The lowest BCUT2D eigenvalue weighted by atomic mass is 9.81. The Morgan fingerprint density at radius 3 is 2.44 bits per heavy atom. The molecule has 0 saturated heterocycles. The van der Waals surface area contributed by atoms with Gasteiger partial charge in [-0.25, -0.2) is 0 Å². The second-order valence-corrected chi connectivity index (χ2v) is 3.03. The van der Waals surface area contributed by atoms with Crippen molar-refractivity contribution < 1.29 is 0 Å². The summed E-state index contributed by atoms with van der Waals surface area (Å²) in [6.45, 7) is 2.27. The van der Waals surface area contributed by atoms with Crippen molar-refractivity contribution in [3.8, 4) is 12.3 Å². The van der Waals surface area contributed by atoms with Gasteiger partial charge in [0.2, 0.25) is 0 Å². The first kappa shape index (κ1) is 6.68. The van der Waals surface area contributed by atoms with Crippen LogP contribution in [0.1, 0.15) is 32.6 Å². The first-order valence-electron chi connectivity index (χ1n) is 3.80. The van der Waals surface area contributed by atoms with Gasteiger partial charge in [-0.3, -0.25) is 0 Å². The predicted molar refractivity (Wildman–Crippen MR) is 40.0 cm³/mol. The summed E-state index contributed by atoms with van der Waals surface area (Å²) >= 11 is 0. The Bertz CT molecular complexity index is 118. The fraction of sp³-hybridized carbons (Fsp3) is 0.778. The molecule has 0 aliphatic heterocycles. The summed E-state index contributed by atoms with van der Waals surface area (Å²) in [6, 6.07) is 0. The van der Waals surface area contributed by atoms with Crippen LogP contribution in [0.2, 0.25) is 0 Å². The van der Waals surface area contributed by atoms with Crippen molar-refractivity contribution in [1.82, 2.24) is 0 Å². The molecule has 9 heavy (non-hydrogen) atoms. The molecular formula is C9H14. The van der Waals surface area contributed by atoms with Crippen LogP contribution in [-0.2, 0) is 0 Å². The van der Waals surface area contributed by atoms with E-state index in [4.69, 9.17) is 6.42 Å². The van der Waals surface area contributed by atoms with E-state index in [0.717, 1.165) is 5.92 Å². The Morgan fingerprint density at radius 1 is 1.33 bits per heavy atom. The van der Waals surface area contributed by atoms with Crippen molar-refractivity contribution >= 4 is 0 Å². The highest BCUT2D eigenvalue weighted by atomic mass is 14.2. The maximum Gasteiger partial charge on any atom is 0.0225 e. The van der Waals surface area contributed by atoms with Crippen LogP contribution in [0.5, 0.6) is 0 Å². The van der Waals surface area contributed by atoms with Crippen molar-refractivity contribution in [2.45, 2.75) is 32.6 Å².